The molecule has 0 aliphatic rings. The molecule has 0 saturated carbocycles. The number of carboxylic acids is 1. The van der Waals surface area contributed by atoms with E-state index in [1.54, 1.807) is 20.8 Å². The van der Waals surface area contributed by atoms with Crippen molar-refractivity contribution >= 4 is 22.8 Å². The number of amides is 1. The molecule has 0 fully saturated rings. The molecule has 2 aromatic carbocycles. The second-order valence-corrected chi connectivity index (χ2v) is 7.16. The first-order chi connectivity index (χ1) is 11.7. The lowest BCUT2D eigenvalue weighted by atomic mass is 9.99. The first-order valence-corrected chi connectivity index (χ1v) is 8.42. The van der Waals surface area contributed by atoms with E-state index in [0.717, 1.165) is 16.3 Å². The number of ether oxygens (including phenoxy) is 1. The highest BCUT2D eigenvalue weighted by Gasteiger charge is 2.20. The molecule has 1 amide bonds. The largest absolute Gasteiger partial charge is 0.481 e. The molecule has 0 aliphatic carbocycles. The number of nitrogens with one attached hydrogen (secondary N) is 1. The van der Waals surface area contributed by atoms with Crippen LogP contribution in [0, 0.1) is 0 Å². The third kappa shape index (κ3) is 6.45. The number of hydrogen-bond acceptors (Lipinski definition) is 3. The van der Waals surface area contributed by atoms with Gasteiger partial charge < -0.3 is 15.2 Å². The lowest BCUT2D eigenvalue weighted by Gasteiger charge is -2.23. The number of fused-ring (bicyclic) bond motifs is 1. The van der Waals surface area contributed by atoms with Crippen LogP contribution in [0.5, 0.6) is 0 Å². The number of carbonyl (C=O) groups excluding carboxylic acids is 1. The van der Waals surface area contributed by atoms with Crippen LogP contribution in [0.3, 0.4) is 0 Å². The lowest BCUT2D eigenvalue weighted by molar-refractivity contribution is -0.137. The zero-order valence-electron chi connectivity index (χ0n) is 14.9. The van der Waals surface area contributed by atoms with E-state index in [9.17, 15) is 9.59 Å². The van der Waals surface area contributed by atoms with Gasteiger partial charge in [-0.25, -0.2) is 4.79 Å². The van der Waals surface area contributed by atoms with Gasteiger partial charge in [0.1, 0.15) is 5.60 Å². The summed E-state index contributed by atoms with van der Waals surface area (Å²) < 4.78 is 5.29. The molecule has 0 bridgehead atoms. The van der Waals surface area contributed by atoms with Gasteiger partial charge in [0.2, 0.25) is 0 Å². The van der Waals surface area contributed by atoms with E-state index in [0.29, 0.717) is 12.8 Å². The fourth-order valence-electron chi connectivity index (χ4n) is 2.65. The fourth-order valence-corrected chi connectivity index (χ4v) is 2.65. The van der Waals surface area contributed by atoms with Crippen LogP contribution in [-0.4, -0.2) is 28.8 Å². The van der Waals surface area contributed by atoms with Crippen molar-refractivity contribution in [2.75, 3.05) is 0 Å². The standard InChI is InChI=1S/C20H25NO4/c1-20(2,3)25-19(24)21-17(10-11-18(22)23)13-14-8-9-15-6-4-5-7-16(15)12-14/h4-9,12,17H,10-11,13H2,1-3H3,(H,21,24)(H,22,23). The van der Waals surface area contributed by atoms with E-state index in [-0.39, 0.29) is 12.5 Å². The predicted octanol–water partition coefficient (Wildman–Crippen LogP) is 4.14. The highest BCUT2D eigenvalue weighted by atomic mass is 16.6. The van der Waals surface area contributed by atoms with E-state index in [1.807, 2.05) is 36.4 Å². The Hall–Kier alpha value is -2.56. The Bertz CT molecular complexity index is 749. The fraction of sp³-hybridized carbons (Fsp3) is 0.400. The normalized spacial score (nSPS) is 12.6. The highest BCUT2D eigenvalue weighted by Crippen LogP contribution is 2.18. The number of aliphatic carboxylic acids is 1. The summed E-state index contributed by atoms with van der Waals surface area (Å²) in [5.41, 5.74) is 0.454. The zero-order chi connectivity index (χ0) is 18.4. The van der Waals surface area contributed by atoms with Gasteiger partial charge in [-0.1, -0.05) is 42.5 Å². The monoisotopic (exact) mass is 343 g/mol. The van der Waals surface area contributed by atoms with Crippen molar-refractivity contribution < 1.29 is 19.4 Å². The minimum absolute atomic E-state index is 0.00591. The molecule has 2 N–H and O–H groups in total. The van der Waals surface area contributed by atoms with Crippen molar-refractivity contribution in [3.8, 4) is 0 Å². The number of alkyl carbamates (subject to hydrolysis) is 1. The van der Waals surface area contributed by atoms with Crippen molar-refractivity contribution in [3.05, 3.63) is 48.0 Å². The summed E-state index contributed by atoms with van der Waals surface area (Å²) in [6, 6.07) is 13.9. The third-order valence-electron chi connectivity index (χ3n) is 3.72. The van der Waals surface area contributed by atoms with Crippen molar-refractivity contribution in [1.29, 1.82) is 0 Å². The van der Waals surface area contributed by atoms with Gasteiger partial charge in [-0.3, -0.25) is 4.79 Å². The maximum absolute atomic E-state index is 12.0. The molecule has 0 saturated heterocycles. The van der Waals surface area contributed by atoms with E-state index in [1.165, 1.54) is 0 Å². The van der Waals surface area contributed by atoms with Crippen LogP contribution in [0.4, 0.5) is 4.79 Å². The van der Waals surface area contributed by atoms with Crippen LogP contribution in [-0.2, 0) is 16.0 Å². The molecule has 5 heteroatoms. The highest BCUT2D eigenvalue weighted by molar-refractivity contribution is 5.83. The van der Waals surface area contributed by atoms with Crippen molar-refractivity contribution in [3.63, 3.8) is 0 Å². The number of benzene rings is 2. The summed E-state index contributed by atoms with van der Waals surface area (Å²) in [6.45, 7) is 5.38. The molecule has 0 radical (unpaired) electrons. The Morgan fingerprint density at radius 2 is 1.80 bits per heavy atom. The van der Waals surface area contributed by atoms with Gasteiger partial charge >= 0.3 is 12.1 Å². The summed E-state index contributed by atoms with van der Waals surface area (Å²) in [6.07, 6.45) is 0.371. The van der Waals surface area contributed by atoms with Gasteiger partial charge in [0.15, 0.2) is 0 Å². The molecule has 2 aromatic rings. The van der Waals surface area contributed by atoms with E-state index in [2.05, 4.69) is 11.4 Å². The van der Waals surface area contributed by atoms with Gasteiger partial charge in [0, 0.05) is 12.5 Å². The molecule has 0 aromatic heterocycles. The predicted molar refractivity (Wildman–Crippen MR) is 97.7 cm³/mol. The number of carbonyl (C=O) groups is 2. The average molecular weight is 343 g/mol. The molecule has 1 unspecified atom stereocenters. The van der Waals surface area contributed by atoms with Crippen LogP contribution in [0.2, 0.25) is 0 Å². The van der Waals surface area contributed by atoms with Crippen LogP contribution in [0.15, 0.2) is 42.5 Å². The molecule has 0 spiro atoms. The Morgan fingerprint density at radius 3 is 2.44 bits per heavy atom. The Morgan fingerprint density at radius 1 is 1.12 bits per heavy atom. The lowest BCUT2D eigenvalue weighted by Crippen LogP contribution is -2.40. The number of rotatable bonds is 6. The molecule has 134 valence electrons. The summed E-state index contributed by atoms with van der Waals surface area (Å²) in [5.74, 6) is -0.880. The Balaban J connectivity index is 2.10. The second kappa shape index (κ2) is 8.01. The van der Waals surface area contributed by atoms with Crippen molar-refractivity contribution in [2.24, 2.45) is 0 Å². The van der Waals surface area contributed by atoms with Crippen LogP contribution >= 0.6 is 0 Å². The molecule has 0 aliphatic heterocycles. The molecule has 5 nitrogen and oxygen atoms in total. The summed E-state index contributed by atoms with van der Waals surface area (Å²) in [7, 11) is 0. The summed E-state index contributed by atoms with van der Waals surface area (Å²) in [4.78, 5) is 22.9. The molecule has 1 atom stereocenters. The van der Waals surface area contributed by atoms with Gasteiger partial charge in [0.25, 0.3) is 0 Å². The zero-order valence-corrected chi connectivity index (χ0v) is 14.9. The van der Waals surface area contributed by atoms with Gasteiger partial charge in [0.05, 0.1) is 0 Å². The Labute approximate surface area is 148 Å². The topological polar surface area (TPSA) is 75.6 Å². The Kier molecular flexibility index (Phi) is 6.02. The molecular weight excluding hydrogens is 318 g/mol. The number of carboxylic acid groups (broad SMARTS) is 1. The SMILES string of the molecule is CC(C)(C)OC(=O)NC(CCC(=O)O)Cc1ccc2ccccc2c1. The first-order valence-electron chi connectivity index (χ1n) is 8.42. The van der Waals surface area contributed by atoms with Crippen molar-refractivity contribution in [2.45, 2.75) is 51.7 Å². The van der Waals surface area contributed by atoms with Gasteiger partial charge in [-0.2, -0.15) is 0 Å². The van der Waals surface area contributed by atoms with Gasteiger partial charge in [-0.15, -0.1) is 0 Å². The molecular formula is C20H25NO4. The quantitative estimate of drug-likeness (QED) is 0.826. The smallest absolute Gasteiger partial charge is 0.407 e. The minimum atomic E-state index is -0.880. The second-order valence-electron chi connectivity index (χ2n) is 7.16. The maximum Gasteiger partial charge on any atom is 0.407 e. The van der Waals surface area contributed by atoms with E-state index < -0.39 is 17.7 Å². The first kappa shape index (κ1) is 18.8. The number of hydrogen-bond donors (Lipinski definition) is 2. The minimum Gasteiger partial charge on any atom is -0.481 e. The van der Waals surface area contributed by atoms with Crippen molar-refractivity contribution in [1.82, 2.24) is 5.32 Å². The summed E-state index contributed by atoms with van der Waals surface area (Å²) >= 11 is 0. The summed E-state index contributed by atoms with van der Waals surface area (Å²) in [5, 5.41) is 14.0. The van der Waals surface area contributed by atoms with Crippen LogP contribution < -0.4 is 5.32 Å². The molecule has 25 heavy (non-hydrogen) atoms. The van der Waals surface area contributed by atoms with E-state index in [4.69, 9.17) is 9.84 Å². The molecule has 0 heterocycles. The van der Waals surface area contributed by atoms with Gasteiger partial charge in [-0.05, 0) is 49.9 Å². The van der Waals surface area contributed by atoms with E-state index >= 15 is 0 Å². The molecule has 2 rings (SSSR count). The van der Waals surface area contributed by atoms with Crippen LogP contribution in [0.1, 0.15) is 39.2 Å². The maximum atomic E-state index is 12.0. The van der Waals surface area contributed by atoms with Crippen LogP contribution in [0.25, 0.3) is 10.8 Å². The average Bonchev–Trinajstić information content (AvgIpc) is 2.50. The third-order valence-corrected chi connectivity index (χ3v) is 3.72.